The van der Waals surface area contributed by atoms with Crippen molar-refractivity contribution in [3.05, 3.63) is 65.5 Å². The highest BCUT2D eigenvalue weighted by Gasteiger charge is 2.49. The van der Waals surface area contributed by atoms with Gasteiger partial charge in [-0.1, -0.05) is 24.3 Å². The van der Waals surface area contributed by atoms with Crippen LogP contribution in [0.4, 0.5) is 0 Å². The number of fused-ring (bicyclic) bond motifs is 2. The number of aryl methyl sites for hydroxylation is 1. The first-order valence-corrected chi connectivity index (χ1v) is 9.76. The number of aromatic nitrogens is 1. The molecule has 2 N–H and O–H groups in total. The molecule has 5 heteroatoms. The summed E-state index contributed by atoms with van der Waals surface area (Å²) in [4.78, 5) is 19.3. The molecule has 3 atom stereocenters. The second-order valence-corrected chi connectivity index (χ2v) is 8.03. The maximum atomic E-state index is 12.9. The molecule has 1 unspecified atom stereocenters. The van der Waals surface area contributed by atoms with E-state index in [9.17, 15) is 9.90 Å². The minimum absolute atomic E-state index is 0.0990. The summed E-state index contributed by atoms with van der Waals surface area (Å²) in [6.07, 6.45) is 5.09. The predicted octanol–water partition coefficient (Wildman–Crippen LogP) is 2.68. The van der Waals surface area contributed by atoms with Crippen LogP contribution in [-0.2, 0) is 6.54 Å². The average Bonchev–Trinajstić information content (AvgIpc) is 2.96. The minimum atomic E-state index is -0.760. The summed E-state index contributed by atoms with van der Waals surface area (Å²) < 4.78 is 0. The molecule has 5 nitrogen and oxygen atoms in total. The zero-order valence-electron chi connectivity index (χ0n) is 15.8. The van der Waals surface area contributed by atoms with Crippen LogP contribution in [0, 0.1) is 6.92 Å². The SMILES string of the molecule is Cc1ccc(CNCC2(O)C[C@H]3CC[C@@H](C2)N3C(=O)c2ccccc2)nc1. The van der Waals surface area contributed by atoms with Crippen LogP contribution in [0.1, 0.15) is 47.3 Å². The number of nitrogens with zero attached hydrogens (tertiary/aromatic N) is 2. The number of benzene rings is 1. The smallest absolute Gasteiger partial charge is 0.254 e. The Morgan fingerprint density at radius 2 is 1.89 bits per heavy atom. The van der Waals surface area contributed by atoms with Gasteiger partial charge in [0, 0.05) is 36.9 Å². The Morgan fingerprint density at radius 3 is 2.52 bits per heavy atom. The van der Waals surface area contributed by atoms with E-state index in [0.717, 1.165) is 29.7 Å². The minimum Gasteiger partial charge on any atom is -0.388 e. The van der Waals surface area contributed by atoms with E-state index in [1.165, 1.54) is 0 Å². The van der Waals surface area contributed by atoms with Crippen molar-refractivity contribution in [3.63, 3.8) is 0 Å². The molecule has 27 heavy (non-hydrogen) atoms. The van der Waals surface area contributed by atoms with Crippen LogP contribution < -0.4 is 5.32 Å². The Morgan fingerprint density at radius 1 is 1.19 bits per heavy atom. The number of aliphatic hydroxyl groups is 1. The molecule has 2 aliphatic heterocycles. The Labute approximate surface area is 160 Å². The third-order valence-corrected chi connectivity index (χ3v) is 5.84. The highest BCUT2D eigenvalue weighted by atomic mass is 16.3. The van der Waals surface area contributed by atoms with Crippen LogP contribution in [0.3, 0.4) is 0 Å². The third kappa shape index (κ3) is 3.89. The Hall–Kier alpha value is -2.24. The lowest BCUT2D eigenvalue weighted by atomic mass is 9.85. The summed E-state index contributed by atoms with van der Waals surface area (Å²) in [5.41, 5.74) is 2.10. The first kappa shape index (κ1) is 18.1. The number of carbonyl (C=O) groups excluding carboxylic acids is 1. The van der Waals surface area contributed by atoms with E-state index < -0.39 is 5.60 Å². The van der Waals surface area contributed by atoms with Gasteiger partial charge in [-0.3, -0.25) is 9.78 Å². The lowest BCUT2D eigenvalue weighted by molar-refractivity contribution is -0.0420. The fourth-order valence-corrected chi connectivity index (χ4v) is 4.55. The molecular weight excluding hydrogens is 338 g/mol. The van der Waals surface area contributed by atoms with E-state index in [0.29, 0.717) is 25.9 Å². The van der Waals surface area contributed by atoms with Crippen molar-refractivity contribution in [3.8, 4) is 0 Å². The van der Waals surface area contributed by atoms with Crippen LogP contribution in [0.2, 0.25) is 0 Å². The van der Waals surface area contributed by atoms with Gasteiger partial charge in [0.15, 0.2) is 0 Å². The highest BCUT2D eigenvalue weighted by Crippen LogP contribution is 2.41. The second-order valence-electron chi connectivity index (χ2n) is 8.03. The highest BCUT2D eigenvalue weighted by molar-refractivity contribution is 5.94. The molecule has 1 aromatic heterocycles. The molecule has 2 fully saturated rings. The molecule has 0 saturated carbocycles. The number of carbonyl (C=O) groups is 1. The number of amides is 1. The molecule has 142 valence electrons. The van der Waals surface area contributed by atoms with Crippen LogP contribution >= 0.6 is 0 Å². The largest absolute Gasteiger partial charge is 0.388 e. The van der Waals surface area contributed by atoms with Gasteiger partial charge in [-0.25, -0.2) is 0 Å². The Balaban J connectivity index is 1.37. The van der Waals surface area contributed by atoms with Gasteiger partial charge in [-0.15, -0.1) is 0 Å². The van der Waals surface area contributed by atoms with Gasteiger partial charge >= 0.3 is 0 Å². The molecule has 2 bridgehead atoms. The van der Waals surface area contributed by atoms with E-state index in [1.807, 2.05) is 60.5 Å². The van der Waals surface area contributed by atoms with Gasteiger partial charge < -0.3 is 15.3 Å². The van der Waals surface area contributed by atoms with Gasteiger partial charge in [0.2, 0.25) is 0 Å². The molecule has 0 aliphatic carbocycles. The lowest BCUT2D eigenvalue weighted by Crippen LogP contribution is -2.56. The average molecular weight is 365 g/mol. The summed E-state index contributed by atoms with van der Waals surface area (Å²) in [5, 5.41) is 14.5. The molecule has 3 heterocycles. The van der Waals surface area contributed by atoms with Gasteiger partial charge in [0.05, 0.1) is 11.3 Å². The number of piperidine rings is 1. The van der Waals surface area contributed by atoms with Crippen LogP contribution in [-0.4, -0.2) is 45.1 Å². The molecule has 2 aliphatic rings. The van der Waals surface area contributed by atoms with Crippen molar-refractivity contribution in [2.45, 2.75) is 56.8 Å². The standard InChI is InChI=1S/C22H27N3O2/c1-16-7-8-18(24-13-16)14-23-15-22(27)11-19-9-10-20(12-22)25(19)21(26)17-5-3-2-4-6-17/h2-8,13,19-20,23,27H,9-12,14-15H2,1H3/t19-,20+,22?. The number of pyridine rings is 1. The number of nitrogens with one attached hydrogen (secondary N) is 1. The second kappa shape index (κ2) is 7.41. The molecule has 1 amide bonds. The lowest BCUT2D eigenvalue weighted by Gasteiger charge is -2.44. The number of hydrogen-bond donors (Lipinski definition) is 2. The maximum Gasteiger partial charge on any atom is 0.254 e. The summed E-state index contributed by atoms with van der Waals surface area (Å²) in [6, 6.07) is 13.8. The Bertz CT molecular complexity index is 777. The summed E-state index contributed by atoms with van der Waals surface area (Å²) in [5.74, 6) is 0.0990. The molecule has 0 radical (unpaired) electrons. The van der Waals surface area contributed by atoms with Crippen LogP contribution in [0.25, 0.3) is 0 Å². The fraction of sp³-hybridized carbons (Fsp3) is 0.455. The third-order valence-electron chi connectivity index (χ3n) is 5.84. The van der Waals surface area contributed by atoms with Crippen molar-refractivity contribution >= 4 is 5.91 Å². The summed E-state index contributed by atoms with van der Waals surface area (Å²) in [6.45, 7) is 3.20. The van der Waals surface area contributed by atoms with Crippen molar-refractivity contribution in [2.75, 3.05) is 6.54 Å². The van der Waals surface area contributed by atoms with Crippen molar-refractivity contribution in [1.82, 2.24) is 15.2 Å². The van der Waals surface area contributed by atoms with Crippen molar-refractivity contribution in [2.24, 2.45) is 0 Å². The molecule has 1 aromatic carbocycles. The van der Waals surface area contributed by atoms with E-state index in [4.69, 9.17) is 0 Å². The molecule has 2 aromatic rings. The van der Waals surface area contributed by atoms with E-state index >= 15 is 0 Å². The summed E-state index contributed by atoms with van der Waals surface area (Å²) >= 11 is 0. The maximum absolute atomic E-state index is 12.9. The van der Waals surface area contributed by atoms with Crippen molar-refractivity contribution < 1.29 is 9.90 Å². The molecule has 0 spiro atoms. The first-order chi connectivity index (χ1) is 13.0. The van der Waals surface area contributed by atoms with E-state index in [-0.39, 0.29) is 18.0 Å². The molecule has 4 rings (SSSR count). The van der Waals surface area contributed by atoms with Gasteiger partial charge in [0.1, 0.15) is 0 Å². The first-order valence-electron chi connectivity index (χ1n) is 9.76. The number of rotatable bonds is 5. The Kier molecular flexibility index (Phi) is 4.98. The monoisotopic (exact) mass is 365 g/mol. The van der Waals surface area contributed by atoms with Gasteiger partial charge in [-0.05, 0) is 56.4 Å². The predicted molar refractivity (Wildman–Crippen MR) is 104 cm³/mol. The summed E-state index contributed by atoms with van der Waals surface area (Å²) in [7, 11) is 0. The van der Waals surface area contributed by atoms with Crippen LogP contribution in [0.15, 0.2) is 48.7 Å². The molecular formula is C22H27N3O2. The van der Waals surface area contributed by atoms with Gasteiger partial charge in [0.25, 0.3) is 5.91 Å². The topological polar surface area (TPSA) is 65.5 Å². The quantitative estimate of drug-likeness (QED) is 0.855. The zero-order chi connectivity index (χ0) is 18.9. The van der Waals surface area contributed by atoms with E-state index in [2.05, 4.69) is 10.3 Å². The van der Waals surface area contributed by atoms with E-state index in [1.54, 1.807) is 0 Å². The van der Waals surface area contributed by atoms with Gasteiger partial charge in [-0.2, -0.15) is 0 Å². The van der Waals surface area contributed by atoms with Crippen LogP contribution in [0.5, 0.6) is 0 Å². The number of hydrogen-bond acceptors (Lipinski definition) is 4. The fourth-order valence-electron chi connectivity index (χ4n) is 4.55. The van der Waals surface area contributed by atoms with Crippen molar-refractivity contribution in [1.29, 1.82) is 0 Å². The molecule has 2 saturated heterocycles. The zero-order valence-corrected chi connectivity index (χ0v) is 15.8. The normalized spacial score (nSPS) is 27.0.